The van der Waals surface area contributed by atoms with Gasteiger partial charge in [-0.05, 0) is 32.4 Å². The fourth-order valence-corrected chi connectivity index (χ4v) is 3.19. The van der Waals surface area contributed by atoms with Gasteiger partial charge in [-0.1, -0.05) is 12.1 Å². The zero-order valence-electron chi connectivity index (χ0n) is 9.90. The van der Waals surface area contributed by atoms with E-state index in [1.165, 1.54) is 0 Å². The second kappa shape index (κ2) is 5.48. The normalized spacial score (nSPS) is 11.7. The fourth-order valence-electron chi connectivity index (χ4n) is 1.42. The zero-order valence-corrected chi connectivity index (χ0v) is 10.8. The number of rotatable bonds is 5. The van der Waals surface area contributed by atoms with Gasteiger partial charge in [0.1, 0.15) is 0 Å². The molecule has 1 rings (SSSR count). The van der Waals surface area contributed by atoms with E-state index in [1.807, 2.05) is 13.0 Å². The van der Waals surface area contributed by atoms with Gasteiger partial charge in [0, 0.05) is 5.69 Å². The van der Waals surface area contributed by atoms with Crippen LogP contribution in [0.2, 0.25) is 0 Å². The molecule has 0 aromatic heterocycles. The summed E-state index contributed by atoms with van der Waals surface area (Å²) >= 11 is 0. The van der Waals surface area contributed by atoms with Crippen molar-refractivity contribution >= 4 is 18.6 Å². The molecule has 0 saturated heterocycles. The Morgan fingerprint density at radius 1 is 1.25 bits per heavy atom. The molecule has 2 N–H and O–H groups in total. The van der Waals surface area contributed by atoms with E-state index in [9.17, 15) is 4.57 Å². The van der Waals surface area contributed by atoms with Crippen LogP contribution in [0.3, 0.4) is 0 Å². The van der Waals surface area contributed by atoms with Gasteiger partial charge >= 0.3 is 7.60 Å². The van der Waals surface area contributed by atoms with Gasteiger partial charge < -0.3 is 14.8 Å². The van der Waals surface area contributed by atoms with Gasteiger partial charge in [-0.25, -0.2) is 0 Å². The molecule has 16 heavy (non-hydrogen) atoms. The number of hydrogen-bond donors (Lipinski definition) is 1. The molecule has 1 aromatic carbocycles. The van der Waals surface area contributed by atoms with Crippen LogP contribution in [0.15, 0.2) is 18.2 Å². The summed E-state index contributed by atoms with van der Waals surface area (Å²) in [7, 11) is -3.26. The van der Waals surface area contributed by atoms with Gasteiger partial charge in [-0.2, -0.15) is 0 Å². The smallest absolute Gasteiger partial charge is 0.363 e. The maximum absolute atomic E-state index is 12.5. The zero-order chi connectivity index (χ0) is 12.2. The molecule has 0 amide bonds. The molecule has 90 valence electrons. The van der Waals surface area contributed by atoms with E-state index in [0.29, 0.717) is 24.2 Å². The predicted molar refractivity (Wildman–Crippen MR) is 66.1 cm³/mol. The summed E-state index contributed by atoms with van der Waals surface area (Å²) in [6, 6.07) is 5.35. The largest absolute Gasteiger partial charge is 0.398 e. The third-order valence-corrected chi connectivity index (χ3v) is 4.37. The van der Waals surface area contributed by atoms with Crippen LogP contribution in [0.1, 0.15) is 19.4 Å². The summed E-state index contributed by atoms with van der Waals surface area (Å²) in [5.41, 5.74) is 7.25. The quantitative estimate of drug-likeness (QED) is 0.637. The molecule has 0 unspecified atom stereocenters. The molecule has 0 fully saturated rings. The molecule has 0 saturated carbocycles. The number of para-hydroxylation sites is 1. The van der Waals surface area contributed by atoms with E-state index >= 15 is 0 Å². The lowest BCUT2D eigenvalue weighted by molar-refractivity contribution is 0.230. The predicted octanol–water partition coefficient (Wildman–Crippen LogP) is 2.47. The van der Waals surface area contributed by atoms with Gasteiger partial charge in [0.2, 0.25) is 0 Å². The van der Waals surface area contributed by atoms with Crippen molar-refractivity contribution in [3.05, 3.63) is 23.8 Å². The van der Waals surface area contributed by atoms with E-state index in [2.05, 4.69) is 0 Å². The molecule has 0 atom stereocenters. The first-order chi connectivity index (χ1) is 7.55. The summed E-state index contributed by atoms with van der Waals surface area (Å²) in [5, 5.41) is 0.455. The summed E-state index contributed by atoms with van der Waals surface area (Å²) in [6.45, 7) is 6.06. The van der Waals surface area contributed by atoms with Gasteiger partial charge in [0.15, 0.2) is 0 Å². The third-order valence-electron chi connectivity index (χ3n) is 2.19. The van der Waals surface area contributed by atoms with Crippen molar-refractivity contribution in [3.8, 4) is 0 Å². The van der Waals surface area contributed by atoms with E-state index in [1.54, 1.807) is 26.0 Å². The van der Waals surface area contributed by atoms with Crippen molar-refractivity contribution < 1.29 is 13.6 Å². The van der Waals surface area contributed by atoms with Crippen LogP contribution >= 0.6 is 7.60 Å². The van der Waals surface area contributed by atoms with Crippen LogP contribution in [0, 0.1) is 6.92 Å². The molecule has 0 aliphatic rings. The van der Waals surface area contributed by atoms with Crippen LogP contribution < -0.4 is 11.0 Å². The summed E-state index contributed by atoms with van der Waals surface area (Å²) in [6.07, 6.45) is 0. The van der Waals surface area contributed by atoms with Crippen molar-refractivity contribution in [2.75, 3.05) is 18.9 Å². The Hall–Kier alpha value is -0.830. The summed E-state index contributed by atoms with van der Waals surface area (Å²) in [5.74, 6) is 0. The van der Waals surface area contributed by atoms with E-state index in [0.717, 1.165) is 5.56 Å². The summed E-state index contributed by atoms with van der Waals surface area (Å²) in [4.78, 5) is 0. The maximum Gasteiger partial charge on any atom is 0.363 e. The standard InChI is InChI=1S/C11H18NO3P/c1-4-14-16(13,15-5-2)10-8-6-7-9(3)11(10)12/h6-8H,4-5,12H2,1-3H3. The number of hydrogen-bond acceptors (Lipinski definition) is 4. The van der Waals surface area contributed by atoms with Gasteiger partial charge in [-0.3, -0.25) is 4.57 Å². The Balaban J connectivity index is 3.21. The Morgan fingerprint density at radius 3 is 2.31 bits per heavy atom. The van der Waals surface area contributed by atoms with Crippen molar-refractivity contribution in [2.24, 2.45) is 0 Å². The fraction of sp³-hybridized carbons (Fsp3) is 0.455. The van der Waals surface area contributed by atoms with Crippen LogP contribution in [0.4, 0.5) is 5.69 Å². The molecule has 0 spiro atoms. The minimum absolute atomic E-state index is 0.324. The lowest BCUT2D eigenvalue weighted by Crippen LogP contribution is -2.16. The Kier molecular flexibility index (Phi) is 4.54. The summed E-state index contributed by atoms with van der Waals surface area (Å²) < 4.78 is 23.0. The van der Waals surface area contributed by atoms with Crippen LogP contribution in [0.25, 0.3) is 0 Å². The first kappa shape index (κ1) is 13.2. The lowest BCUT2D eigenvalue weighted by Gasteiger charge is -2.19. The Morgan fingerprint density at radius 2 is 1.81 bits per heavy atom. The van der Waals surface area contributed by atoms with Gasteiger partial charge in [-0.15, -0.1) is 0 Å². The topological polar surface area (TPSA) is 61.5 Å². The van der Waals surface area contributed by atoms with E-state index < -0.39 is 7.60 Å². The molecule has 1 aromatic rings. The Labute approximate surface area is 96.3 Å². The highest BCUT2D eigenvalue weighted by atomic mass is 31.2. The maximum atomic E-state index is 12.5. The molecular formula is C11H18NO3P. The molecule has 5 heteroatoms. The molecule has 0 bridgehead atoms. The number of nitrogen functional groups attached to an aromatic ring is 1. The van der Waals surface area contributed by atoms with Crippen molar-refractivity contribution in [1.82, 2.24) is 0 Å². The number of anilines is 1. The average Bonchev–Trinajstić information content (AvgIpc) is 2.22. The monoisotopic (exact) mass is 243 g/mol. The first-order valence-electron chi connectivity index (χ1n) is 5.30. The SMILES string of the molecule is CCOP(=O)(OCC)c1cccc(C)c1N. The van der Waals surface area contributed by atoms with Crippen molar-refractivity contribution in [3.63, 3.8) is 0 Å². The number of aryl methyl sites for hydroxylation is 1. The van der Waals surface area contributed by atoms with E-state index in [-0.39, 0.29) is 0 Å². The first-order valence-corrected chi connectivity index (χ1v) is 6.84. The highest BCUT2D eigenvalue weighted by Crippen LogP contribution is 2.48. The van der Waals surface area contributed by atoms with Gasteiger partial charge in [0.05, 0.1) is 18.5 Å². The lowest BCUT2D eigenvalue weighted by atomic mass is 10.2. The molecule has 0 radical (unpaired) electrons. The third kappa shape index (κ3) is 2.64. The van der Waals surface area contributed by atoms with Gasteiger partial charge in [0.25, 0.3) is 0 Å². The molecule has 0 aliphatic heterocycles. The molecule has 0 aliphatic carbocycles. The minimum atomic E-state index is -3.26. The van der Waals surface area contributed by atoms with Crippen LogP contribution in [-0.4, -0.2) is 13.2 Å². The average molecular weight is 243 g/mol. The molecule has 4 nitrogen and oxygen atoms in total. The second-order valence-corrected chi connectivity index (χ2v) is 5.33. The highest BCUT2D eigenvalue weighted by molar-refractivity contribution is 7.62. The minimum Gasteiger partial charge on any atom is -0.398 e. The molecule has 0 heterocycles. The van der Waals surface area contributed by atoms with Crippen molar-refractivity contribution in [2.45, 2.75) is 20.8 Å². The van der Waals surface area contributed by atoms with Crippen molar-refractivity contribution in [1.29, 1.82) is 0 Å². The number of benzene rings is 1. The van der Waals surface area contributed by atoms with E-state index in [4.69, 9.17) is 14.8 Å². The van der Waals surface area contributed by atoms with Crippen LogP contribution in [-0.2, 0) is 13.6 Å². The van der Waals surface area contributed by atoms with Crippen LogP contribution in [0.5, 0.6) is 0 Å². The number of nitrogens with two attached hydrogens (primary N) is 1. The Bertz CT molecular complexity index is 396. The second-order valence-electron chi connectivity index (χ2n) is 3.34. The molecular weight excluding hydrogens is 225 g/mol. The highest BCUT2D eigenvalue weighted by Gasteiger charge is 2.29.